The quantitative estimate of drug-likeness (QED) is 0.790. The van der Waals surface area contributed by atoms with Crippen LogP contribution < -0.4 is 4.74 Å². The highest BCUT2D eigenvalue weighted by atomic mass is 16.5. The van der Waals surface area contributed by atoms with Gasteiger partial charge in [0.25, 0.3) is 0 Å². The summed E-state index contributed by atoms with van der Waals surface area (Å²) in [6.45, 7) is 4.39. The lowest BCUT2D eigenvalue weighted by atomic mass is 10.0. The molecule has 98 valence electrons. The minimum Gasteiger partial charge on any atom is -0.494 e. The van der Waals surface area contributed by atoms with Crippen LogP contribution >= 0.6 is 0 Å². The molecule has 1 aromatic heterocycles. The van der Waals surface area contributed by atoms with Crippen LogP contribution in [0.3, 0.4) is 0 Å². The molecule has 19 heavy (non-hydrogen) atoms. The van der Waals surface area contributed by atoms with E-state index in [0.29, 0.717) is 12.2 Å². The van der Waals surface area contributed by atoms with Crippen molar-refractivity contribution in [2.75, 3.05) is 6.61 Å². The van der Waals surface area contributed by atoms with Crippen molar-refractivity contribution in [3.8, 4) is 11.8 Å². The summed E-state index contributed by atoms with van der Waals surface area (Å²) in [5.74, 6) is 0.603. The Hall–Kier alpha value is -2.28. The minimum atomic E-state index is -0.140. The number of hydrogen-bond acceptors (Lipinski definition) is 3. The van der Waals surface area contributed by atoms with Gasteiger partial charge in [-0.2, -0.15) is 5.26 Å². The molecule has 2 rings (SSSR count). The molecule has 0 saturated carbocycles. The Bertz CT molecular complexity index is 677. The van der Waals surface area contributed by atoms with E-state index in [2.05, 4.69) is 0 Å². The predicted molar refractivity (Wildman–Crippen MR) is 73.4 cm³/mol. The number of rotatable bonds is 4. The summed E-state index contributed by atoms with van der Waals surface area (Å²) in [6, 6.07) is 7.62. The van der Waals surface area contributed by atoms with Gasteiger partial charge >= 0.3 is 0 Å². The molecule has 2 aromatic rings. The number of nitrogens with zero attached hydrogens (tertiary/aromatic N) is 2. The van der Waals surface area contributed by atoms with Crippen molar-refractivity contribution in [3.63, 3.8) is 0 Å². The fourth-order valence-corrected chi connectivity index (χ4v) is 2.32. The van der Waals surface area contributed by atoms with Crippen molar-refractivity contribution >= 4 is 16.7 Å². The maximum atomic E-state index is 12.1. The van der Waals surface area contributed by atoms with Gasteiger partial charge in [-0.1, -0.05) is 0 Å². The summed E-state index contributed by atoms with van der Waals surface area (Å²) >= 11 is 0. The second-order valence-electron chi connectivity index (χ2n) is 4.39. The first-order valence-electron chi connectivity index (χ1n) is 6.22. The number of aryl methyl sites for hydroxylation is 1. The topological polar surface area (TPSA) is 55.0 Å². The predicted octanol–water partition coefficient (Wildman–Crippen LogP) is 2.98. The molecule has 1 aromatic carbocycles. The number of ether oxygens (including phenoxy) is 1. The van der Waals surface area contributed by atoms with Crippen molar-refractivity contribution < 1.29 is 9.53 Å². The highest BCUT2D eigenvalue weighted by molar-refractivity contribution is 6.10. The largest absolute Gasteiger partial charge is 0.494 e. The molecule has 0 aliphatic heterocycles. The van der Waals surface area contributed by atoms with Crippen LogP contribution in [0, 0.1) is 18.3 Å². The number of aromatic nitrogens is 1. The van der Waals surface area contributed by atoms with Crippen molar-refractivity contribution in [2.45, 2.75) is 20.3 Å². The van der Waals surface area contributed by atoms with Gasteiger partial charge in [-0.3, -0.25) is 4.79 Å². The van der Waals surface area contributed by atoms with Gasteiger partial charge < -0.3 is 9.30 Å². The number of nitriles is 1. The molecular weight excluding hydrogens is 240 g/mol. The molecule has 0 fully saturated rings. The minimum absolute atomic E-state index is 0.0984. The third-order valence-electron chi connectivity index (χ3n) is 3.29. The van der Waals surface area contributed by atoms with Crippen LogP contribution in [0.2, 0.25) is 0 Å². The number of carbonyl (C=O) groups excluding carboxylic acids is 1. The third kappa shape index (κ3) is 2.19. The summed E-state index contributed by atoms with van der Waals surface area (Å²) in [6.07, 6.45) is -0.0984. The molecule has 0 amide bonds. The zero-order valence-corrected chi connectivity index (χ0v) is 11.4. The molecule has 0 atom stereocenters. The molecule has 0 aliphatic rings. The lowest BCUT2D eigenvalue weighted by molar-refractivity contribution is 0.0998. The SMILES string of the molecule is CCOc1ccc2c(c1)c(C(=O)CC#N)c(C)n2C. The first-order valence-corrected chi connectivity index (χ1v) is 6.22. The standard InChI is InChI=1S/C15H16N2O2/c1-4-19-11-5-6-13-12(9-11)15(10(2)17(13)3)14(18)7-8-16/h5-6,9H,4,7H2,1-3H3. The van der Waals surface area contributed by atoms with E-state index < -0.39 is 0 Å². The molecule has 0 radical (unpaired) electrons. The molecule has 4 heteroatoms. The van der Waals surface area contributed by atoms with E-state index in [1.165, 1.54) is 0 Å². The van der Waals surface area contributed by atoms with Gasteiger partial charge in [0.15, 0.2) is 5.78 Å². The van der Waals surface area contributed by atoms with Gasteiger partial charge in [0.1, 0.15) is 5.75 Å². The lowest BCUT2D eigenvalue weighted by Crippen LogP contribution is -2.00. The first kappa shape index (κ1) is 13.2. The van der Waals surface area contributed by atoms with Gasteiger partial charge in [0, 0.05) is 29.2 Å². The number of benzene rings is 1. The van der Waals surface area contributed by atoms with E-state index in [0.717, 1.165) is 22.3 Å². The van der Waals surface area contributed by atoms with Gasteiger partial charge in [-0.25, -0.2) is 0 Å². The van der Waals surface area contributed by atoms with Gasteiger partial charge in [0.2, 0.25) is 0 Å². The number of fused-ring (bicyclic) bond motifs is 1. The number of carbonyl (C=O) groups is 1. The Labute approximate surface area is 112 Å². The molecule has 0 unspecified atom stereocenters. The van der Waals surface area contributed by atoms with Gasteiger partial charge in [-0.15, -0.1) is 0 Å². The van der Waals surface area contributed by atoms with E-state index in [1.54, 1.807) is 0 Å². The summed E-state index contributed by atoms with van der Waals surface area (Å²) in [4.78, 5) is 12.1. The maximum Gasteiger partial charge on any atom is 0.179 e. The lowest BCUT2D eigenvalue weighted by Gasteiger charge is -2.03. The Morgan fingerprint density at radius 2 is 2.21 bits per heavy atom. The van der Waals surface area contributed by atoms with E-state index in [9.17, 15) is 4.79 Å². The van der Waals surface area contributed by atoms with Crippen LogP contribution in [0.15, 0.2) is 18.2 Å². The molecule has 0 aliphatic carbocycles. The van der Waals surface area contributed by atoms with Crippen molar-refractivity contribution in [3.05, 3.63) is 29.5 Å². The number of ketones is 1. The Morgan fingerprint density at radius 1 is 1.47 bits per heavy atom. The highest BCUT2D eigenvalue weighted by Gasteiger charge is 2.18. The summed E-state index contributed by atoms with van der Waals surface area (Å²) in [5.41, 5.74) is 2.48. The highest BCUT2D eigenvalue weighted by Crippen LogP contribution is 2.29. The van der Waals surface area contributed by atoms with Crippen LogP contribution in [0.25, 0.3) is 10.9 Å². The average Bonchev–Trinajstić information content (AvgIpc) is 2.62. The van der Waals surface area contributed by atoms with Crippen LogP contribution in [-0.2, 0) is 7.05 Å². The zero-order chi connectivity index (χ0) is 14.0. The second-order valence-corrected chi connectivity index (χ2v) is 4.39. The fraction of sp³-hybridized carbons (Fsp3) is 0.333. The van der Waals surface area contributed by atoms with Crippen molar-refractivity contribution in [2.24, 2.45) is 7.05 Å². The van der Waals surface area contributed by atoms with E-state index in [1.807, 2.05) is 49.7 Å². The summed E-state index contributed by atoms with van der Waals surface area (Å²) in [5, 5.41) is 9.56. The Balaban J connectivity index is 2.67. The fourth-order valence-electron chi connectivity index (χ4n) is 2.32. The average molecular weight is 256 g/mol. The number of Topliss-reactive ketones (excluding diaryl/α,β-unsaturated/α-hetero) is 1. The molecule has 4 nitrogen and oxygen atoms in total. The van der Waals surface area contributed by atoms with Crippen LogP contribution in [0.5, 0.6) is 5.75 Å². The van der Waals surface area contributed by atoms with E-state index >= 15 is 0 Å². The van der Waals surface area contributed by atoms with Crippen LogP contribution in [0.4, 0.5) is 0 Å². The Morgan fingerprint density at radius 3 is 2.84 bits per heavy atom. The Kier molecular flexibility index (Phi) is 3.57. The normalized spacial score (nSPS) is 10.4. The summed E-state index contributed by atoms with van der Waals surface area (Å²) in [7, 11) is 1.92. The van der Waals surface area contributed by atoms with E-state index in [4.69, 9.17) is 10.00 Å². The van der Waals surface area contributed by atoms with Gasteiger partial charge in [0.05, 0.1) is 19.1 Å². The van der Waals surface area contributed by atoms with Gasteiger partial charge in [-0.05, 0) is 32.0 Å². The van der Waals surface area contributed by atoms with Crippen LogP contribution in [0.1, 0.15) is 29.4 Å². The first-order chi connectivity index (χ1) is 9.10. The molecule has 0 N–H and O–H groups in total. The molecular formula is C15H16N2O2. The molecule has 1 heterocycles. The smallest absolute Gasteiger partial charge is 0.179 e. The van der Waals surface area contributed by atoms with Crippen LogP contribution in [-0.4, -0.2) is 17.0 Å². The molecule has 0 spiro atoms. The maximum absolute atomic E-state index is 12.1. The monoisotopic (exact) mass is 256 g/mol. The summed E-state index contributed by atoms with van der Waals surface area (Å²) < 4.78 is 7.44. The number of hydrogen-bond donors (Lipinski definition) is 0. The molecule has 0 bridgehead atoms. The van der Waals surface area contributed by atoms with E-state index in [-0.39, 0.29) is 12.2 Å². The third-order valence-corrected chi connectivity index (χ3v) is 3.29. The van der Waals surface area contributed by atoms with Crippen molar-refractivity contribution in [1.29, 1.82) is 5.26 Å². The van der Waals surface area contributed by atoms with Crippen molar-refractivity contribution in [1.82, 2.24) is 4.57 Å². The zero-order valence-electron chi connectivity index (χ0n) is 11.4. The second kappa shape index (κ2) is 5.15. The molecule has 0 saturated heterocycles.